The van der Waals surface area contributed by atoms with Gasteiger partial charge in [0.1, 0.15) is 5.75 Å². The summed E-state index contributed by atoms with van der Waals surface area (Å²) in [6.07, 6.45) is 1.31. The molecule has 164 valence electrons. The van der Waals surface area contributed by atoms with Gasteiger partial charge in [-0.25, -0.2) is 18.1 Å². The van der Waals surface area contributed by atoms with Crippen molar-refractivity contribution < 1.29 is 17.9 Å². The molecule has 8 nitrogen and oxygen atoms in total. The van der Waals surface area contributed by atoms with E-state index in [2.05, 4.69) is 10.4 Å². The van der Waals surface area contributed by atoms with Crippen molar-refractivity contribution in [1.29, 1.82) is 0 Å². The molecule has 2 aromatic heterocycles. The van der Waals surface area contributed by atoms with E-state index >= 15 is 0 Å². The molecular weight excluding hydrogens is 416 g/mol. The van der Waals surface area contributed by atoms with Gasteiger partial charge in [0.2, 0.25) is 0 Å². The summed E-state index contributed by atoms with van der Waals surface area (Å²) in [4.78, 5) is 17.8. The van der Waals surface area contributed by atoms with E-state index in [1.165, 1.54) is 0 Å². The van der Waals surface area contributed by atoms with Gasteiger partial charge in [0, 0.05) is 12.1 Å². The number of amides is 1. The van der Waals surface area contributed by atoms with Gasteiger partial charge in [0.15, 0.2) is 15.5 Å². The molecule has 1 unspecified atom stereocenters. The summed E-state index contributed by atoms with van der Waals surface area (Å²) in [6.45, 7) is 4.39. The van der Waals surface area contributed by atoms with E-state index in [0.717, 1.165) is 17.7 Å². The topological polar surface area (TPSA) is 103 Å². The van der Waals surface area contributed by atoms with Crippen molar-refractivity contribution in [3.05, 3.63) is 41.6 Å². The quantitative estimate of drug-likeness (QED) is 0.630. The molecule has 3 aromatic rings. The zero-order chi connectivity index (χ0) is 22.2. The minimum Gasteiger partial charge on any atom is -0.497 e. The SMILES string of the molecule is CCCNC(=O)c1cc(-c2ccc(OC)cc2)nc2c1c(C)nn2C1CCS(=O)(=O)C1. The first-order valence-corrected chi connectivity index (χ1v) is 12.2. The number of ether oxygens (including phenoxy) is 1. The maximum atomic E-state index is 13.0. The molecule has 1 N–H and O–H groups in total. The average molecular weight is 443 g/mol. The van der Waals surface area contributed by atoms with Gasteiger partial charge in [-0.1, -0.05) is 6.92 Å². The van der Waals surface area contributed by atoms with Crippen LogP contribution in [0.2, 0.25) is 0 Å². The Morgan fingerprint density at radius 1 is 1.29 bits per heavy atom. The number of hydrogen-bond acceptors (Lipinski definition) is 6. The summed E-state index contributed by atoms with van der Waals surface area (Å²) in [5, 5.41) is 8.21. The molecule has 0 saturated carbocycles. The predicted octanol–water partition coefficient (Wildman–Crippen LogP) is 2.91. The normalized spacial score (nSPS) is 17.7. The monoisotopic (exact) mass is 442 g/mol. The molecule has 1 aliphatic rings. The van der Waals surface area contributed by atoms with E-state index in [1.807, 2.05) is 38.1 Å². The standard InChI is InChI=1S/C22H26N4O4S/c1-4-10-23-22(27)18-12-19(15-5-7-17(30-3)8-6-15)24-21-20(18)14(2)25-26(21)16-9-11-31(28,29)13-16/h5-8,12,16H,4,9-11,13H2,1-3H3,(H,23,27). The highest BCUT2D eigenvalue weighted by molar-refractivity contribution is 7.91. The summed E-state index contributed by atoms with van der Waals surface area (Å²) < 4.78 is 31.1. The Labute approximate surface area is 181 Å². The maximum Gasteiger partial charge on any atom is 0.252 e. The van der Waals surface area contributed by atoms with Crippen LogP contribution < -0.4 is 10.1 Å². The Bertz CT molecular complexity index is 1230. The van der Waals surface area contributed by atoms with E-state index in [-0.39, 0.29) is 23.5 Å². The van der Waals surface area contributed by atoms with Gasteiger partial charge in [-0.3, -0.25) is 4.79 Å². The molecular formula is C22H26N4O4S. The number of fused-ring (bicyclic) bond motifs is 1. The molecule has 0 spiro atoms. The van der Waals surface area contributed by atoms with Gasteiger partial charge in [-0.15, -0.1) is 0 Å². The molecule has 1 saturated heterocycles. The Kier molecular flexibility index (Phi) is 5.70. The third-order valence-corrected chi connectivity index (χ3v) is 7.31. The number of hydrogen-bond donors (Lipinski definition) is 1. The third-order valence-electron chi connectivity index (χ3n) is 5.56. The minimum atomic E-state index is -3.09. The van der Waals surface area contributed by atoms with Crippen LogP contribution in [0.15, 0.2) is 30.3 Å². The fraction of sp³-hybridized carbons (Fsp3) is 0.409. The molecule has 1 amide bonds. The van der Waals surface area contributed by atoms with Gasteiger partial charge < -0.3 is 10.1 Å². The number of benzene rings is 1. The fourth-order valence-electron chi connectivity index (χ4n) is 3.96. The number of rotatable bonds is 6. The summed E-state index contributed by atoms with van der Waals surface area (Å²) >= 11 is 0. The highest BCUT2D eigenvalue weighted by Crippen LogP contribution is 2.32. The Hall–Kier alpha value is -2.94. The number of nitrogens with one attached hydrogen (secondary N) is 1. The first-order chi connectivity index (χ1) is 14.8. The van der Waals surface area contributed by atoms with Crippen molar-refractivity contribution in [2.24, 2.45) is 0 Å². The van der Waals surface area contributed by atoms with Crippen LogP contribution in [0.25, 0.3) is 22.3 Å². The first kappa shape index (κ1) is 21.3. The highest BCUT2D eigenvalue weighted by Gasteiger charge is 2.32. The van der Waals surface area contributed by atoms with Crippen molar-refractivity contribution in [2.45, 2.75) is 32.7 Å². The second-order valence-corrected chi connectivity index (χ2v) is 10.1. The highest BCUT2D eigenvalue weighted by atomic mass is 32.2. The Morgan fingerprint density at radius 3 is 2.65 bits per heavy atom. The number of sulfone groups is 1. The first-order valence-electron chi connectivity index (χ1n) is 10.4. The average Bonchev–Trinajstić information content (AvgIpc) is 3.30. The second kappa shape index (κ2) is 8.30. The largest absolute Gasteiger partial charge is 0.497 e. The molecule has 3 heterocycles. The maximum absolute atomic E-state index is 13.0. The Morgan fingerprint density at radius 2 is 2.03 bits per heavy atom. The number of carbonyl (C=O) groups excluding carboxylic acids is 1. The smallest absolute Gasteiger partial charge is 0.252 e. The van der Waals surface area contributed by atoms with Gasteiger partial charge in [-0.05, 0) is 50.1 Å². The van der Waals surface area contributed by atoms with Crippen LogP contribution in [0.5, 0.6) is 5.75 Å². The summed E-state index contributed by atoms with van der Waals surface area (Å²) in [6, 6.07) is 8.93. The van der Waals surface area contributed by atoms with Crippen molar-refractivity contribution >= 4 is 26.8 Å². The van der Waals surface area contributed by atoms with Crippen LogP contribution >= 0.6 is 0 Å². The van der Waals surface area contributed by atoms with Crippen LogP contribution in [-0.4, -0.2) is 54.2 Å². The lowest BCUT2D eigenvalue weighted by Gasteiger charge is -2.12. The Balaban J connectivity index is 1.90. The summed E-state index contributed by atoms with van der Waals surface area (Å²) in [5.41, 5.74) is 3.15. The fourth-order valence-corrected chi connectivity index (χ4v) is 5.65. The number of methoxy groups -OCH3 is 1. The molecule has 1 fully saturated rings. The van der Waals surface area contributed by atoms with Gasteiger partial charge in [-0.2, -0.15) is 5.10 Å². The molecule has 1 aromatic carbocycles. The summed E-state index contributed by atoms with van der Waals surface area (Å²) in [5.74, 6) is 0.711. The number of aryl methyl sites for hydroxylation is 1. The number of nitrogens with zero attached hydrogens (tertiary/aromatic N) is 3. The zero-order valence-corrected chi connectivity index (χ0v) is 18.7. The van der Waals surface area contributed by atoms with Crippen molar-refractivity contribution in [3.8, 4) is 17.0 Å². The van der Waals surface area contributed by atoms with Crippen LogP contribution in [0.1, 0.15) is 41.9 Å². The third kappa shape index (κ3) is 4.14. The van der Waals surface area contributed by atoms with E-state index in [0.29, 0.717) is 41.0 Å². The summed E-state index contributed by atoms with van der Waals surface area (Å²) in [7, 11) is -1.49. The van der Waals surface area contributed by atoms with Crippen LogP contribution in [0.3, 0.4) is 0 Å². The van der Waals surface area contributed by atoms with Crippen LogP contribution in [0.4, 0.5) is 0 Å². The van der Waals surface area contributed by atoms with Crippen LogP contribution in [-0.2, 0) is 9.84 Å². The predicted molar refractivity (Wildman–Crippen MR) is 119 cm³/mol. The number of carbonyl (C=O) groups is 1. The minimum absolute atomic E-state index is 0.0367. The van der Waals surface area contributed by atoms with Crippen molar-refractivity contribution in [1.82, 2.24) is 20.1 Å². The molecule has 0 bridgehead atoms. The lowest BCUT2D eigenvalue weighted by atomic mass is 10.0. The van der Waals surface area contributed by atoms with Crippen LogP contribution in [0, 0.1) is 6.92 Å². The van der Waals surface area contributed by atoms with E-state index < -0.39 is 9.84 Å². The molecule has 0 radical (unpaired) electrons. The van der Waals surface area contributed by atoms with Crippen molar-refractivity contribution in [2.75, 3.05) is 25.2 Å². The number of pyridine rings is 1. The van der Waals surface area contributed by atoms with Crippen molar-refractivity contribution in [3.63, 3.8) is 0 Å². The zero-order valence-electron chi connectivity index (χ0n) is 17.9. The second-order valence-electron chi connectivity index (χ2n) is 7.82. The van der Waals surface area contributed by atoms with Gasteiger partial charge >= 0.3 is 0 Å². The lowest BCUT2D eigenvalue weighted by Crippen LogP contribution is -2.24. The lowest BCUT2D eigenvalue weighted by molar-refractivity contribution is 0.0955. The molecule has 1 atom stereocenters. The molecule has 31 heavy (non-hydrogen) atoms. The molecule has 4 rings (SSSR count). The molecule has 0 aliphatic carbocycles. The molecule has 1 aliphatic heterocycles. The number of aromatic nitrogens is 3. The van der Waals surface area contributed by atoms with Gasteiger partial charge in [0.25, 0.3) is 5.91 Å². The molecule has 9 heteroatoms. The van der Waals surface area contributed by atoms with E-state index in [1.54, 1.807) is 17.9 Å². The van der Waals surface area contributed by atoms with E-state index in [9.17, 15) is 13.2 Å². The van der Waals surface area contributed by atoms with E-state index in [4.69, 9.17) is 9.72 Å². The van der Waals surface area contributed by atoms with Gasteiger partial charge in [0.05, 0.1) is 47.0 Å².